The van der Waals surface area contributed by atoms with Gasteiger partial charge in [0.05, 0.1) is 6.20 Å². The summed E-state index contributed by atoms with van der Waals surface area (Å²) in [6.07, 6.45) is 2.66. The van der Waals surface area contributed by atoms with Crippen LogP contribution in [0.3, 0.4) is 0 Å². The van der Waals surface area contributed by atoms with Crippen LogP contribution in [-0.2, 0) is 6.42 Å². The lowest BCUT2D eigenvalue weighted by Gasteiger charge is -2.22. The molecule has 5 heteroatoms. The lowest BCUT2D eigenvalue weighted by Crippen LogP contribution is -2.26. The van der Waals surface area contributed by atoms with E-state index in [1.54, 1.807) is 6.20 Å². The molecule has 1 aliphatic rings. The van der Waals surface area contributed by atoms with Gasteiger partial charge < -0.3 is 10.2 Å². The number of anilines is 4. The predicted octanol–water partition coefficient (Wildman–Crippen LogP) is 4.31. The van der Waals surface area contributed by atoms with Crippen molar-refractivity contribution in [2.75, 3.05) is 10.2 Å². The highest BCUT2D eigenvalue weighted by Gasteiger charge is 2.29. The van der Waals surface area contributed by atoms with Crippen molar-refractivity contribution in [3.05, 3.63) is 65.4 Å². The number of hydrogen-bond donors (Lipinski definition) is 1. The van der Waals surface area contributed by atoms with Gasteiger partial charge in [-0.15, -0.1) is 5.10 Å². The maximum absolute atomic E-state index is 4.71. The Morgan fingerprint density at radius 3 is 2.84 bits per heavy atom. The van der Waals surface area contributed by atoms with Crippen LogP contribution in [-0.4, -0.2) is 21.2 Å². The third-order valence-electron chi connectivity index (χ3n) is 4.63. The molecular formula is C20H21N5. The lowest BCUT2D eigenvalue weighted by atomic mass is 10.1. The molecule has 0 spiro atoms. The van der Waals surface area contributed by atoms with Gasteiger partial charge in [0.15, 0.2) is 5.82 Å². The van der Waals surface area contributed by atoms with Crippen LogP contribution < -0.4 is 10.2 Å². The first-order chi connectivity index (χ1) is 12.1. The SMILES string of the molecule is Cc1ccc(C)c(Nc2cnnc(N3c4ccccc4CC3C)n2)c1. The van der Waals surface area contributed by atoms with Crippen molar-refractivity contribution < 1.29 is 0 Å². The van der Waals surface area contributed by atoms with E-state index in [2.05, 4.69) is 83.6 Å². The van der Waals surface area contributed by atoms with Crippen LogP contribution in [0.4, 0.5) is 23.1 Å². The summed E-state index contributed by atoms with van der Waals surface area (Å²) in [6.45, 7) is 6.35. The Labute approximate surface area is 147 Å². The smallest absolute Gasteiger partial charge is 0.252 e. The summed E-state index contributed by atoms with van der Waals surface area (Å²) in [5.41, 5.74) is 5.91. The van der Waals surface area contributed by atoms with Gasteiger partial charge in [0, 0.05) is 17.4 Å². The molecular weight excluding hydrogens is 310 g/mol. The highest BCUT2D eigenvalue weighted by Crippen LogP contribution is 2.36. The van der Waals surface area contributed by atoms with Crippen molar-refractivity contribution in [3.63, 3.8) is 0 Å². The van der Waals surface area contributed by atoms with Gasteiger partial charge in [0.2, 0.25) is 0 Å². The molecule has 0 saturated carbocycles. The van der Waals surface area contributed by atoms with Crippen molar-refractivity contribution in [1.82, 2.24) is 15.2 Å². The molecule has 0 aliphatic carbocycles. The van der Waals surface area contributed by atoms with Gasteiger partial charge in [0.1, 0.15) is 0 Å². The first kappa shape index (κ1) is 15.6. The molecule has 1 aromatic heterocycles. The van der Waals surface area contributed by atoms with E-state index < -0.39 is 0 Å². The molecule has 3 aromatic rings. The number of rotatable bonds is 3. The van der Waals surface area contributed by atoms with Crippen LogP contribution in [0.5, 0.6) is 0 Å². The number of aromatic nitrogens is 3. The number of fused-ring (bicyclic) bond motifs is 1. The maximum Gasteiger partial charge on any atom is 0.252 e. The largest absolute Gasteiger partial charge is 0.339 e. The van der Waals surface area contributed by atoms with Crippen LogP contribution in [0, 0.1) is 13.8 Å². The summed E-state index contributed by atoms with van der Waals surface area (Å²) in [5.74, 6) is 1.34. The Morgan fingerprint density at radius 2 is 1.96 bits per heavy atom. The fourth-order valence-electron chi connectivity index (χ4n) is 3.34. The van der Waals surface area contributed by atoms with Crippen LogP contribution in [0.2, 0.25) is 0 Å². The standard InChI is InChI=1S/C20H21N5/c1-13-8-9-14(2)17(10-13)22-19-12-21-24-20(23-19)25-15(3)11-16-6-4-5-7-18(16)25/h4-10,12,15H,11H2,1-3H3,(H,22,23,24). The maximum atomic E-state index is 4.71. The van der Waals surface area contributed by atoms with Crippen molar-refractivity contribution in [1.29, 1.82) is 0 Å². The van der Waals surface area contributed by atoms with Crippen LogP contribution >= 0.6 is 0 Å². The van der Waals surface area contributed by atoms with Crippen LogP contribution in [0.25, 0.3) is 0 Å². The Hall–Kier alpha value is -2.95. The van der Waals surface area contributed by atoms with Gasteiger partial charge in [-0.1, -0.05) is 30.3 Å². The summed E-state index contributed by atoms with van der Waals surface area (Å²) in [6, 6.07) is 15.0. The topological polar surface area (TPSA) is 53.9 Å². The molecule has 0 saturated heterocycles. The van der Waals surface area contributed by atoms with E-state index in [4.69, 9.17) is 4.98 Å². The molecule has 2 aromatic carbocycles. The van der Waals surface area contributed by atoms with Gasteiger partial charge in [-0.2, -0.15) is 10.1 Å². The van der Waals surface area contributed by atoms with Gasteiger partial charge >= 0.3 is 0 Å². The number of aryl methyl sites for hydroxylation is 2. The van der Waals surface area contributed by atoms with Gasteiger partial charge in [-0.05, 0) is 56.0 Å². The van der Waals surface area contributed by atoms with Gasteiger partial charge in [-0.3, -0.25) is 0 Å². The highest BCUT2D eigenvalue weighted by atomic mass is 15.4. The fourth-order valence-corrected chi connectivity index (χ4v) is 3.34. The van der Waals surface area contributed by atoms with Crippen molar-refractivity contribution in [3.8, 4) is 0 Å². The molecule has 0 bridgehead atoms. The lowest BCUT2D eigenvalue weighted by molar-refractivity contribution is 0.730. The molecule has 4 rings (SSSR count). The minimum atomic E-state index is 0.315. The zero-order chi connectivity index (χ0) is 17.4. The number of nitrogens with zero attached hydrogens (tertiary/aromatic N) is 4. The van der Waals surface area contributed by atoms with Crippen molar-refractivity contribution >= 4 is 23.1 Å². The van der Waals surface area contributed by atoms with E-state index in [9.17, 15) is 0 Å². The van der Waals surface area contributed by atoms with Gasteiger partial charge in [0.25, 0.3) is 5.95 Å². The second-order valence-electron chi connectivity index (χ2n) is 6.64. The zero-order valence-corrected chi connectivity index (χ0v) is 14.7. The molecule has 0 amide bonds. The number of para-hydroxylation sites is 1. The molecule has 2 heterocycles. The summed E-state index contributed by atoms with van der Waals surface area (Å²) in [7, 11) is 0. The number of benzene rings is 2. The third-order valence-corrected chi connectivity index (χ3v) is 4.63. The van der Waals surface area contributed by atoms with Gasteiger partial charge in [-0.25, -0.2) is 0 Å². The minimum Gasteiger partial charge on any atom is -0.339 e. The predicted molar refractivity (Wildman–Crippen MR) is 101 cm³/mol. The molecule has 1 unspecified atom stereocenters. The van der Waals surface area contributed by atoms with E-state index in [1.807, 2.05) is 0 Å². The minimum absolute atomic E-state index is 0.315. The quantitative estimate of drug-likeness (QED) is 0.775. The van der Waals surface area contributed by atoms with E-state index in [-0.39, 0.29) is 0 Å². The van der Waals surface area contributed by atoms with E-state index in [0.717, 1.165) is 12.1 Å². The molecule has 1 atom stereocenters. The molecule has 0 radical (unpaired) electrons. The molecule has 0 fully saturated rings. The van der Waals surface area contributed by atoms with Crippen molar-refractivity contribution in [2.24, 2.45) is 0 Å². The Morgan fingerprint density at radius 1 is 1.12 bits per heavy atom. The summed E-state index contributed by atoms with van der Waals surface area (Å²) in [4.78, 5) is 6.87. The summed E-state index contributed by atoms with van der Waals surface area (Å²) in [5, 5.41) is 11.8. The van der Waals surface area contributed by atoms with E-state index >= 15 is 0 Å². The second kappa shape index (κ2) is 6.16. The molecule has 25 heavy (non-hydrogen) atoms. The number of nitrogens with one attached hydrogen (secondary N) is 1. The Kier molecular flexibility index (Phi) is 3.84. The summed E-state index contributed by atoms with van der Waals surface area (Å²) < 4.78 is 0. The monoisotopic (exact) mass is 331 g/mol. The Balaban J connectivity index is 1.67. The van der Waals surface area contributed by atoms with E-state index in [0.29, 0.717) is 17.8 Å². The molecule has 1 N–H and O–H groups in total. The first-order valence-electron chi connectivity index (χ1n) is 8.53. The molecule has 126 valence electrons. The molecule has 5 nitrogen and oxygen atoms in total. The average molecular weight is 331 g/mol. The summed E-state index contributed by atoms with van der Waals surface area (Å²) >= 11 is 0. The number of hydrogen-bond acceptors (Lipinski definition) is 5. The normalized spacial score (nSPS) is 16.0. The Bertz CT molecular complexity index is 921. The van der Waals surface area contributed by atoms with Crippen LogP contribution in [0.1, 0.15) is 23.6 Å². The second-order valence-corrected chi connectivity index (χ2v) is 6.64. The first-order valence-corrected chi connectivity index (χ1v) is 8.53. The average Bonchev–Trinajstić information content (AvgIpc) is 2.94. The third kappa shape index (κ3) is 2.93. The zero-order valence-electron chi connectivity index (χ0n) is 14.7. The van der Waals surface area contributed by atoms with E-state index in [1.165, 1.54) is 22.4 Å². The fraction of sp³-hybridized carbons (Fsp3) is 0.250. The van der Waals surface area contributed by atoms with Crippen molar-refractivity contribution in [2.45, 2.75) is 33.2 Å². The molecule has 1 aliphatic heterocycles. The highest BCUT2D eigenvalue weighted by molar-refractivity contribution is 5.68. The van der Waals surface area contributed by atoms with Crippen LogP contribution in [0.15, 0.2) is 48.7 Å².